The van der Waals surface area contributed by atoms with E-state index in [4.69, 9.17) is 5.73 Å². The minimum Gasteiger partial charge on any atom is -0.365 e. The number of carbonyl (C=O) groups is 2. The van der Waals surface area contributed by atoms with Crippen LogP contribution >= 0.6 is 0 Å². The molecule has 0 aliphatic carbocycles. The van der Waals surface area contributed by atoms with Gasteiger partial charge in [0.2, 0.25) is 6.54 Å². The van der Waals surface area contributed by atoms with E-state index in [0.717, 1.165) is 12.8 Å². The van der Waals surface area contributed by atoms with Crippen molar-refractivity contribution in [1.29, 1.82) is 0 Å². The highest BCUT2D eigenvalue weighted by Crippen LogP contribution is 2.04. The van der Waals surface area contributed by atoms with Gasteiger partial charge in [-0.15, -0.1) is 0 Å². The van der Waals surface area contributed by atoms with Gasteiger partial charge in [-0.05, 0) is 31.4 Å². The van der Waals surface area contributed by atoms with E-state index in [1.54, 1.807) is 29.1 Å². The second kappa shape index (κ2) is 8.08. The monoisotopic (exact) mass is 312 g/mol. The van der Waals surface area contributed by atoms with Gasteiger partial charge < -0.3 is 11.1 Å². The van der Waals surface area contributed by atoms with Gasteiger partial charge in [-0.3, -0.25) is 9.59 Å². The summed E-state index contributed by atoms with van der Waals surface area (Å²) < 4.78 is 1.65. The molecule has 5 heteroatoms. The van der Waals surface area contributed by atoms with Crippen LogP contribution in [0.4, 0.5) is 0 Å². The van der Waals surface area contributed by atoms with Gasteiger partial charge in [0, 0.05) is 12.1 Å². The van der Waals surface area contributed by atoms with Crippen molar-refractivity contribution in [2.75, 3.05) is 0 Å². The summed E-state index contributed by atoms with van der Waals surface area (Å²) in [7, 11) is 0. The topological polar surface area (TPSA) is 76.1 Å². The number of carbonyl (C=O) groups excluding carboxylic acids is 2. The number of aryl methyl sites for hydroxylation is 1. The number of hydrogen-bond donors (Lipinski definition) is 2. The number of primary amides is 1. The number of nitrogens with two attached hydrogens (primary N) is 1. The van der Waals surface area contributed by atoms with Gasteiger partial charge in [-0.25, -0.2) is 0 Å². The molecule has 23 heavy (non-hydrogen) atoms. The van der Waals surface area contributed by atoms with Crippen molar-refractivity contribution in [2.45, 2.75) is 32.4 Å². The number of pyridine rings is 1. The summed E-state index contributed by atoms with van der Waals surface area (Å²) in [5.74, 6) is -0.590. The summed E-state index contributed by atoms with van der Waals surface area (Å²) in [5.41, 5.74) is 6.88. The lowest BCUT2D eigenvalue weighted by Crippen LogP contribution is -2.45. The average molecular weight is 312 g/mol. The average Bonchev–Trinajstić information content (AvgIpc) is 2.54. The van der Waals surface area contributed by atoms with Gasteiger partial charge in [-0.1, -0.05) is 30.3 Å². The third kappa shape index (κ3) is 5.54. The first-order valence-electron chi connectivity index (χ1n) is 7.67. The highest BCUT2D eigenvalue weighted by Gasteiger charge is 2.14. The first kappa shape index (κ1) is 16.7. The van der Waals surface area contributed by atoms with E-state index in [2.05, 4.69) is 17.4 Å². The molecule has 2 rings (SSSR count). The van der Waals surface area contributed by atoms with Crippen LogP contribution in [0.15, 0.2) is 54.9 Å². The van der Waals surface area contributed by atoms with Crippen molar-refractivity contribution in [2.24, 2.45) is 5.73 Å². The van der Waals surface area contributed by atoms with Crippen molar-refractivity contribution in [1.82, 2.24) is 5.32 Å². The van der Waals surface area contributed by atoms with Gasteiger partial charge in [0.25, 0.3) is 11.8 Å². The molecule has 0 unspecified atom stereocenters. The molecular weight excluding hydrogens is 290 g/mol. The Morgan fingerprint density at radius 1 is 1.17 bits per heavy atom. The number of nitrogens with zero attached hydrogens (tertiary/aromatic N) is 1. The predicted octanol–water partition coefficient (Wildman–Crippen LogP) is 1.21. The van der Waals surface area contributed by atoms with Crippen LogP contribution in [0.1, 0.15) is 29.3 Å². The van der Waals surface area contributed by atoms with Crippen LogP contribution in [0, 0.1) is 0 Å². The molecule has 3 N–H and O–H groups in total. The molecule has 0 spiro atoms. The van der Waals surface area contributed by atoms with Gasteiger partial charge in [0.15, 0.2) is 12.4 Å². The number of hydrogen-bond acceptors (Lipinski definition) is 2. The van der Waals surface area contributed by atoms with E-state index >= 15 is 0 Å². The fraction of sp³-hybridized carbons (Fsp3) is 0.278. The van der Waals surface area contributed by atoms with Crippen molar-refractivity contribution in [3.05, 3.63) is 66.0 Å². The molecule has 0 bridgehead atoms. The Morgan fingerprint density at radius 3 is 2.61 bits per heavy atom. The van der Waals surface area contributed by atoms with Crippen LogP contribution in [0.5, 0.6) is 0 Å². The van der Waals surface area contributed by atoms with Crippen LogP contribution in [0.25, 0.3) is 0 Å². The molecular formula is C18H22N3O2+. The lowest BCUT2D eigenvalue weighted by atomic mass is 10.1. The summed E-state index contributed by atoms with van der Waals surface area (Å²) in [6.07, 6.45) is 5.12. The highest BCUT2D eigenvalue weighted by atomic mass is 16.2. The molecule has 0 aliphatic rings. The van der Waals surface area contributed by atoms with Crippen molar-refractivity contribution >= 4 is 11.8 Å². The maximum Gasteiger partial charge on any atom is 0.286 e. The summed E-state index contributed by atoms with van der Waals surface area (Å²) in [6, 6.07) is 13.6. The molecule has 1 atom stereocenters. The molecule has 1 heterocycles. The van der Waals surface area contributed by atoms with E-state index in [1.807, 2.05) is 25.1 Å². The number of nitrogens with one attached hydrogen (secondary N) is 1. The Hall–Kier alpha value is -2.69. The molecule has 1 aromatic heterocycles. The van der Waals surface area contributed by atoms with E-state index < -0.39 is 5.91 Å². The van der Waals surface area contributed by atoms with Crippen LogP contribution in [-0.2, 0) is 17.8 Å². The normalized spacial score (nSPS) is 11.7. The van der Waals surface area contributed by atoms with Crippen LogP contribution in [0.2, 0.25) is 0 Å². The molecule has 2 amide bonds. The smallest absolute Gasteiger partial charge is 0.286 e. The largest absolute Gasteiger partial charge is 0.365 e. The standard InChI is InChI=1S/C18H21N3O2/c1-14(9-10-15-6-3-2-4-7-15)20-17(22)13-21-11-5-8-16(12-21)18(19)23/h2-8,11-12,14H,9-10,13H2,1H3,(H2-,19,20,22,23)/p+1/t14-/m1/s1. The maximum absolute atomic E-state index is 12.1. The summed E-state index contributed by atoms with van der Waals surface area (Å²) in [4.78, 5) is 23.2. The Labute approximate surface area is 136 Å². The third-order valence-corrected chi connectivity index (χ3v) is 3.59. The number of benzene rings is 1. The maximum atomic E-state index is 12.1. The first-order valence-corrected chi connectivity index (χ1v) is 7.67. The SMILES string of the molecule is C[C@H](CCc1ccccc1)NC(=O)C[n+]1cccc(C(N)=O)c1. The number of amides is 2. The molecule has 0 saturated carbocycles. The number of rotatable bonds is 7. The minimum atomic E-state index is -0.504. The summed E-state index contributed by atoms with van der Waals surface area (Å²) in [5, 5.41) is 2.97. The van der Waals surface area contributed by atoms with Crippen molar-refractivity contribution < 1.29 is 14.2 Å². The molecule has 0 saturated heterocycles. The summed E-state index contributed by atoms with van der Waals surface area (Å²) >= 11 is 0. The van der Waals surface area contributed by atoms with Crippen LogP contribution in [-0.4, -0.2) is 17.9 Å². The van der Waals surface area contributed by atoms with Gasteiger partial charge in [0.1, 0.15) is 5.56 Å². The zero-order valence-electron chi connectivity index (χ0n) is 13.2. The van der Waals surface area contributed by atoms with E-state index in [9.17, 15) is 9.59 Å². The van der Waals surface area contributed by atoms with Crippen LogP contribution < -0.4 is 15.6 Å². The lowest BCUT2D eigenvalue weighted by Gasteiger charge is -2.12. The van der Waals surface area contributed by atoms with Gasteiger partial charge >= 0.3 is 0 Å². The number of aromatic nitrogens is 1. The second-order valence-corrected chi connectivity index (χ2v) is 5.62. The zero-order valence-corrected chi connectivity index (χ0v) is 13.2. The Kier molecular flexibility index (Phi) is 5.86. The predicted molar refractivity (Wildman–Crippen MR) is 87.5 cm³/mol. The quantitative estimate of drug-likeness (QED) is 0.754. The van der Waals surface area contributed by atoms with E-state index in [0.29, 0.717) is 5.56 Å². The highest BCUT2D eigenvalue weighted by molar-refractivity contribution is 5.92. The molecule has 0 aliphatic heterocycles. The Morgan fingerprint density at radius 2 is 1.91 bits per heavy atom. The van der Waals surface area contributed by atoms with Crippen molar-refractivity contribution in [3.8, 4) is 0 Å². The second-order valence-electron chi connectivity index (χ2n) is 5.62. The van der Waals surface area contributed by atoms with Crippen LogP contribution in [0.3, 0.4) is 0 Å². The minimum absolute atomic E-state index is 0.0858. The zero-order chi connectivity index (χ0) is 16.7. The Bertz CT molecular complexity index is 671. The first-order chi connectivity index (χ1) is 11.0. The van der Waals surface area contributed by atoms with E-state index in [-0.39, 0.29) is 18.5 Å². The van der Waals surface area contributed by atoms with Gasteiger partial charge in [-0.2, -0.15) is 4.57 Å². The third-order valence-electron chi connectivity index (χ3n) is 3.59. The van der Waals surface area contributed by atoms with Crippen molar-refractivity contribution in [3.63, 3.8) is 0 Å². The molecule has 5 nitrogen and oxygen atoms in total. The fourth-order valence-corrected chi connectivity index (χ4v) is 2.35. The molecule has 1 aromatic carbocycles. The molecule has 2 aromatic rings. The lowest BCUT2D eigenvalue weighted by molar-refractivity contribution is -0.684. The summed E-state index contributed by atoms with van der Waals surface area (Å²) in [6.45, 7) is 2.15. The molecule has 120 valence electrons. The molecule has 0 radical (unpaired) electrons. The fourth-order valence-electron chi connectivity index (χ4n) is 2.35. The Balaban J connectivity index is 1.82. The molecule has 0 fully saturated rings. The van der Waals surface area contributed by atoms with E-state index in [1.165, 1.54) is 5.56 Å². The van der Waals surface area contributed by atoms with Gasteiger partial charge in [0.05, 0.1) is 0 Å².